The van der Waals surface area contributed by atoms with Crippen LogP contribution in [0, 0.1) is 0 Å². The number of fused-ring (bicyclic) bond motifs is 3. The molecule has 22 heavy (non-hydrogen) atoms. The largest absolute Gasteiger partial charge is 0.0830 e. The minimum Gasteiger partial charge on any atom is -0.0830 e. The van der Waals surface area contributed by atoms with E-state index < -0.39 is 0 Å². The Balaban J connectivity index is 1.66. The second-order valence-corrected chi connectivity index (χ2v) is 5.78. The predicted molar refractivity (Wildman–Crippen MR) is 93.8 cm³/mol. The Morgan fingerprint density at radius 3 is 1.82 bits per heavy atom. The van der Waals surface area contributed by atoms with Gasteiger partial charge in [0.15, 0.2) is 0 Å². The molecule has 3 aromatic rings. The smallest absolute Gasteiger partial charge is 0.0136 e. The molecule has 0 N–H and O–H groups in total. The van der Waals surface area contributed by atoms with Gasteiger partial charge >= 0.3 is 0 Å². The molecule has 0 aliphatic heterocycles. The van der Waals surface area contributed by atoms with Crippen molar-refractivity contribution in [2.45, 2.75) is 12.3 Å². The molecule has 1 aliphatic carbocycles. The van der Waals surface area contributed by atoms with Crippen molar-refractivity contribution < 1.29 is 0 Å². The Morgan fingerprint density at radius 1 is 0.636 bits per heavy atom. The van der Waals surface area contributed by atoms with E-state index in [4.69, 9.17) is 0 Å². The summed E-state index contributed by atoms with van der Waals surface area (Å²) < 4.78 is 0. The van der Waals surface area contributed by atoms with Gasteiger partial charge in [0, 0.05) is 5.92 Å². The molecule has 0 saturated heterocycles. The van der Waals surface area contributed by atoms with Gasteiger partial charge in [0.05, 0.1) is 0 Å². The van der Waals surface area contributed by atoms with Crippen molar-refractivity contribution in [3.8, 4) is 11.1 Å². The summed E-state index contributed by atoms with van der Waals surface area (Å²) in [6.45, 7) is 0. The van der Waals surface area contributed by atoms with Crippen molar-refractivity contribution >= 4 is 6.08 Å². The van der Waals surface area contributed by atoms with Crippen LogP contribution in [0.1, 0.15) is 29.0 Å². The quantitative estimate of drug-likeness (QED) is 0.561. The zero-order chi connectivity index (χ0) is 14.8. The lowest BCUT2D eigenvalue weighted by molar-refractivity contribution is 0.857. The SMILES string of the molecule is C(=Cc1ccccc1)CC1c2ccccc2-c2ccccc21. The highest BCUT2D eigenvalue weighted by molar-refractivity contribution is 5.78. The molecule has 0 amide bonds. The third-order valence-electron chi connectivity index (χ3n) is 4.44. The topological polar surface area (TPSA) is 0 Å². The first-order valence-corrected chi connectivity index (χ1v) is 7.83. The summed E-state index contributed by atoms with van der Waals surface area (Å²) in [5.41, 5.74) is 6.98. The minimum atomic E-state index is 0.479. The van der Waals surface area contributed by atoms with Crippen LogP contribution in [0.5, 0.6) is 0 Å². The summed E-state index contributed by atoms with van der Waals surface area (Å²) in [5, 5.41) is 0. The van der Waals surface area contributed by atoms with E-state index in [0.717, 1.165) is 6.42 Å². The van der Waals surface area contributed by atoms with Crippen molar-refractivity contribution in [1.82, 2.24) is 0 Å². The van der Waals surface area contributed by atoms with Gasteiger partial charge in [-0.15, -0.1) is 0 Å². The molecule has 0 aromatic heterocycles. The van der Waals surface area contributed by atoms with Crippen molar-refractivity contribution in [1.29, 1.82) is 0 Å². The van der Waals surface area contributed by atoms with Crippen LogP contribution in [0.3, 0.4) is 0 Å². The highest BCUT2D eigenvalue weighted by atomic mass is 14.3. The Kier molecular flexibility index (Phi) is 3.36. The summed E-state index contributed by atoms with van der Waals surface area (Å²) in [4.78, 5) is 0. The van der Waals surface area contributed by atoms with E-state index >= 15 is 0 Å². The minimum absolute atomic E-state index is 0.479. The Morgan fingerprint density at radius 2 is 1.18 bits per heavy atom. The maximum absolute atomic E-state index is 2.30. The van der Waals surface area contributed by atoms with E-state index in [1.807, 2.05) is 0 Å². The highest BCUT2D eigenvalue weighted by Gasteiger charge is 2.26. The lowest BCUT2D eigenvalue weighted by Crippen LogP contribution is -1.94. The molecule has 0 atom stereocenters. The Bertz CT molecular complexity index is 767. The first-order chi connectivity index (χ1) is 10.9. The van der Waals surface area contributed by atoms with Gasteiger partial charge in [-0.1, -0.05) is 91.0 Å². The van der Waals surface area contributed by atoms with Crippen LogP contribution in [0.15, 0.2) is 84.9 Å². The normalized spacial score (nSPS) is 13.3. The van der Waals surface area contributed by atoms with Crippen LogP contribution in [0.4, 0.5) is 0 Å². The average molecular weight is 282 g/mol. The average Bonchev–Trinajstić information content (AvgIpc) is 2.91. The van der Waals surface area contributed by atoms with E-state index in [1.165, 1.54) is 27.8 Å². The fourth-order valence-corrected chi connectivity index (χ4v) is 3.42. The monoisotopic (exact) mass is 282 g/mol. The zero-order valence-corrected chi connectivity index (χ0v) is 12.4. The van der Waals surface area contributed by atoms with Crippen molar-refractivity contribution in [3.63, 3.8) is 0 Å². The maximum Gasteiger partial charge on any atom is 0.0136 e. The number of allylic oxidation sites excluding steroid dienone is 1. The first kappa shape index (κ1) is 13.1. The fourth-order valence-electron chi connectivity index (χ4n) is 3.42. The molecule has 4 rings (SSSR count). The highest BCUT2D eigenvalue weighted by Crippen LogP contribution is 2.46. The Hall–Kier alpha value is -2.60. The lowest BCUT2D eigenvalue weighted by atomic mass is 9.93. The Labute approximate surface area is 131 Å². The number of hydrogen-bond acceptors (Lipinski definition) is 0. The molecule has 0 heteroatoms. The van der Waals surface area contributed by atoms with Gasteiger partial charge in [-0.3, -0.25) is 0 Å². The van der Waals surface area contributed by atoms with Gasteiger partial charge in [-0.05, 0) is 34.2 Å². The predicted octanol–water partition coefficient (Wildman–Crippen LogP) is 5.90. The summed E-state index contributed by atoms with van der Waals surface area (Å²) in [7, 11) is 0. The standard InChI is InChI=1S/C22H18/c1-2-9-17(10-3-1)11-8-16-22-20-14-6-4-12-18(20)19-13-5-7-15-21(19)22/h1-15,22H,16H2. The fraction of sp³-hybridized carbons (Fsp3) is 0.0909. The molecule has 0 nitrogen and oxygen atoms in total. The molecule has 0 radical (unpaired) electrons. The molecule has 0 bridgehead atoms. The van der Waals surface area contributed by atoms with Gasteiger partial charge in [0.25, 0.3) is 0 Å². The molecular weight excluding hydrogens is 264 g/mol. The summed E-state index contributed by atoms with van der Waals surface area (Å²) in [5.74, 6) is 0.479. The van der Waals surface area contributed by atoms with Gasteiger partial charge in [-0.25, -0.2) is 0 Å². The molecule has 0 fully saturated rings. The van der Waals surface area contributed by atoms with E-state index in [-0.39, 0.29) is 0 Å². The van der Waals surface area contributed by atoms with Gasteiger partial charge in [0.1, 0.15) is 0 Å². The van der Waals surface area contributed by atoms with Gasteiger partial charge < -0.3 is 0 Å². The van der Waals surface area contributed by atoms with Crippen LogP contribution in [-0.2, 0) is 0 Å². The molecule has 0 spiro atoms. The second-order valence-electron chi connectivity index (χ2n) is 5.78. The van der Waals surface area contributed by atoms with E-state index in [9.17, 15) is 0 Å². The number of benzene rings is 3. The molecule has 106 valence electrons. The molecule has 0 heterocycles. The molecule has 1 aliphatic rings. The van der Waals surface area contributed by atoms with Crippen LogP contribution in [0.25, 0.3) is 17.2 Å². The number of rotatable bonds is 3. The number of hydrogen-bond donors (Lipinski definition) is 0. The molecule has 0 unspecified atom stereocenters. The molecule has 3 aromatic carbocycles. The van der Waals surface area contributed by atoms with Crippen molar-refractivity contribution in [2.24, 2.45) is 0 Å². The molecule has 0 saturated carbocycles. The van der Waals surface area contributed by atoms with Crippen LogP contribution < -0.4 is 0 Å². The zero-order valence-electron chi connectivity index (χ0n) is 12.4. The van der Waals surface area contributed by atoms with E-state index in [2.05, 4.69) is 91.0 Å². The van der Waals surface area contributed by atoms with Crippen LogP contribution in [-0.4, -0.2) is 0 Å². The van der Waals surface area contributed by atoms with Crippen LogP contribution in [0.2, 0.25) is 0 Å². The van der Waals surface area contributed by atoms with E-state index in [1.54, 1.807) is 0 Å². The third kappa shape index (κ3) is 2.27. The first-order valence-electron chi connectivity index (χ1n) is 7.83. The lowest BCUT2D eigenvalue weighted by Gasteiger charge is -2.10. The van der Waals surface area contributed by atoms with Crippen molar-refractivity contribution in [3.05, 3.63) is 102 Å². The van der Waals surface area contributed by atoms with Crippen molar-refractivity contribution in [2.75, 3.05) is 0 Å². The van der Waals surface area contributed by atoms with Gasteiger partial charge in [-0.2, -0.15) is 0 Å². The second kappa shape index (κ2) is 5.65. The third-order valence-corrected chi connectivity index (χ3v) is 4.44. The van der Waals surface area contributed by atoms with Gasteiger partial charge in [0.2, 0.25) is 0 Å². The van der Waals surface area contributed by atoms with Crippen LogP contribution >= 0.6 is 0 Å². The summed E-state index contributed by atoms with van der Waals surface area (Å²) in [6, 6.07) is 28.1. The summed E-state index contributed by atoms with van der Waals surface area (Å²) in [6.07, 6.45) is 5.57. The maximum atomic E-state index is 2.30. The summed E-state index contributed by atoms with van der Waals surface area (Å²) >= 11 is 0. The molecular formula is C22H18. The van der Waals surface area contributed by atoms with E-state index in [0.29, 0.717) is 5.92 Å².